The lowest BCUT2D eigenvalue weighted by molar-refractivity contribution is 0.197. The molecule has 0 aliphatic heterocycles. The third-order valence-corrected chi connectivity index (χ3v) is 8.00. The van der Waals surface area contributed by atoms with Crippen LogP contribution in [0.1, 0.15) is 50.1 Å². The number of unbranched alkanes of at least 4 members (excludes halogenated alkanes) is 1. The van der Waals surface area contributed by atoms with Gasteiger partial charge in [-0.2, -0.15) is 0 Å². The molecule has 0 saturated carbocycles. The zero-order valence-electron chi connectivity index (χ0n) is 25.3. The van der Waals surface area contributed by atoms with Gasteiger partial charge in [0.1, 0.15) is 22.9 Å². The molecule has 44 heavy (non-hydrogen) atoms. The molecule has 0 radical (unpaired) electrons. The third-order valence-electron chi connectivity index (χ3n) is 7.67. The molecule has 238 valence electrons. The maximum absolute atomic E-state index is 13.9. The van der Waals surface area contributed by atoms with Crippen LogP contribution in [0.15, 0.2) is 58.1 Å². The van der Waals surface area contributed by atoms with Crippen molar-refractivity contribution in [3.8, 4) is 5.75 Å². The second-order valence-electron chi connectivity index (χ2n) is 10.7. The highest BCUT2D eigenvalue weighted by molar-refractivity contribution is 7.74. The Morgan fingerprint density at radius 3 is 2.27 bits per heavy atom. The number of hydrogen-bond donors (Lipinski definition) is 2. The van der Waals surface area contributed by atoms with Crippen LogP contribution in [0, 0.1) is 0 Å². The van der Waals surface area contributed by atoms with Crippen LogP contribution in [0.2, 0.25) is 0 Å². The van der Waals surface area contributed by atoms with E-state index in [0.717, 1.165) is 24.9 Å². The minimum absolute atomic E-state index is 0.0210. The summed E-state index contributed by atoms with van der Waals surface area (Å²) < 4.78 is 31.4. The van der Waals surface area contributed by atoms with Gasteiger partial charge in [-0.3, -0.25) is 18.8 Å². The number of aliphatic hydroxyl groups is 1. The highest BCUT2D eigenvalue weighted by atomic mass is 32.2. The minimum Gasteiger partial charge on any atom is -0.740 e. The third kappa shape index (κ3) is 8.23. The van der Waals surface area contributed by atoms with Gasteiger partial charge in [0.15, 0.2) is 11.2 Å². The van der Waals surface area contributed by atoms with Gasteiger partial charge in [0, 0.05) is 44.8 Å². The summed E-state index contributed by atoms with van der Waals surface area (Å²) in [5.74, 6) is 0.802. The predicted molar refractivity (Wildman–Crippen MR) is 170 cm³/mol. The molecule has 0 aliphatic rings. The molecule has 3 N–H and O–H groups in total. The smallest absolute Gasteiger partial charge is 0.332 e. The first-order valence-electron chi connectivity index (χ1n) is 15.0. The molecular weight excluding hydrogens is 584 g/mol. The van der Waals surface area contributed by atoms with Gasteiger partial charge in [-0.25, -0.2) is 14.0 Å². The Labute approximate surface area is 259 Å². The largest absolute Gasteiger partial charge is 0.740 e. The normalized spacial score (nSPS) is 12.3. The van der Waals surface area contributed by atoms with Gasteiger partial charge < -0.3 is 24.1 Å². The van der Waals surface area contributed by atoms with E-state index in [1.807, 2.05) is 42.7 Å². The Hall–Kier alpha value is -3.78. The van der Waals surface area contributed by atoms with Crippen molar-refractivity contribution in [1.82, 2.24) is 23.6 Å². The first-order chi connectivity index (χ1) is 21.2. The number of nitrogen functional groups attached to an aromatic ring is 1. The van der Waals surface area contributed by atoms with E-state index in [0.29, 0.717) is 74.7 Å². The fourth-order valence-electron chi connectivity index (χ4n) is 5.35. The number of rotatable bonds is 17. The molecule has 0 bridgehead atoms. The SMILES string of the molecule is CCCn1c(=O)c2c(nc(Cc3ccc(OS(=O)[O-])cc3)n2CCN(CC)CCO)n(CCCCc2ccc(N)cc2)c1=O. The van der Waals surface area contributed by atoms with Crippen molar-refractivity contribution in [2.75, 3.05) is 32.0 Å². The van der Waals surface area contributed by atoms with Crippen LogP contribution >= 0.6 is 0 Å². The van der Waals surface area contributed by atoms with Crippen LogP contribution in [-0.2, 0) is 43.8 Å². The van der Waals surface area contributed by atoms with E-state index in [2.05, 4.69) is 4.90 Å². The van der Waals surface area contributed by atoms with Gasteiger partial charge in [0.2, 0.25) is 0 Å². The number of nitrogens with zero attached hydrogens (tertiary/aromatic N) is 5. The average Bonchev–Trinajstić information content (AvgIpc) is 3.36. The Kier molecular flexibility index (Phi) is 11.9. The Morgan fingerprint density at radius 2 is 1.64 bits per heavy atom. The monoisotopic (exact) mass is 625 g/mol. The first kappa shape index (κ1) is 33.1. The van der Waals surface area contributed by atoms with Crippen molar-refractivity contribution < 1.29 is 18.1 Å². The quantitative estimate of drug-likeness (QED) is 0.102. The van der Waals surface area contributed by atoms with Gasteiger partial charge in [0.05, 0.1) is 6.61 Å². The highest BCUT2D eigenvalue weighted by Gasteiger charge is 2.22. The highest BCUT2D eigenvalue weighted by Crippen LogP contribution is 2.20. The zero-order valence-corrected chi connectivity index (χ0v) is 26.1. The Morgan fingerprint density at radius 1 is 0.932 bits per heavy atom. The van der Waals surface area contributed by atoms with Gasteiger partial charge in [0.25, 0.3) is 5.56 Å². The summed E-state index contributed by atoms with van der Waals surface area (Å²) in [6, 6.07) is 14.4. The first-order valence-corrected chi connectivity index (χ1v) is 16.0. The Bertz CT molecular complexity index is 1660. The van der Waals surface area contributed by atoms with Crippen molar-refractivity contribution in [2.45, 2.75) is 65.6 Å². The van der Waals surface area contributed by atoms with E-state index >= 15 is 0 Å². The second kappa shape index (κ2) is 15.8. The number of benzene rings is 2. The standard InChI is InChI=1S/C31H42N6O6S/c1-3-16-37-30(39)28-29(36(31(37)40)17-6-5-7-23-8-12-25(32)13-9-23)33-27(35(28)19-18-34(4-2)20-21-38)22-24-10-14-26(15-11-24)43-44(41)42/h8-15,38H,3-7,16-22,32H2,1-2H3,(H,41,42)/p-1. The lowest BCUT2D eigenvalue weighted by Gasteiger charge is -2.20. The molecular formula is C31H41N6O6S-. The van der Waals surface area contributed by atoms with Crippen LogP contribution in [0.5, 0.6) is 5.75 Å². The van der Waals surface area contributed by atoms with Gasteiger partial charge in [-0.1, -0.05) is 38.1 Å². The van der Waals surface area contributed by atoms with E-state index in [1.165, 1.54) is 10.1 Å². The second-order valence-corrected chi connectivity index (χ2v) is 11.3. The number of likely N-dealkylation sites (N-methyl/N-ethyl adjacent to an activating group) is 1. The predicted octanol–water partition coefficient (Wildman–Crippen LogP) is 2.45. The fraction of sp³-hybridized carbons (Fsp3) is 0.452. The molecule has 0 saturated heterocycles. The number of aromatic nitrogens is 4. The lowest BCUT2D eigenvalue weighted by Crippen LogP contribution is -2.41. The summed E-state index contributed by atoms with van der Waals surface area (Å²) in [7, 11) is 0. The molecule has 1 atom stereocenters. The number of aliphatic hydroxyl groups excluding tert-OH is 1. The van der Waals surface area contributed by atoms with Crippen LogP contribution < -0.4 is 21.2 Å². The number of anilines is 1. The molecule has 2 aromatic heterocycles. The van der Waals surface area contributed by atoms with E-state index in [9.17, 15) is 23.5 Å². The number of hydrogen-bond acceptors (Lipinski definition) is 9. The van der Waals surface area contributed by atoms with Crippen molar-refractivity contribution in [1.29, 1.82) is 0 Å². The summed E-state index contributed by atoms with van der Waals surface area (Å²) in [5.41, 5.74) is 8.54. The topological polar surface area (TPSA) is 161 Å². The molecule has 4 aromatic rings. The van der Waals surface area contributed by atoms with Crippen molar-refractivity contribution in [3.05, 3.63) is 86.3 Å². The molecule has 0 spiro atoms. The maximum atomic E-state index is 13.9. The number of aryl methyl sites for hydroxylation is 2. The van der Waals surface area contributed by atoms with Gasteiger partial charge >= 0.3 is 5.69 Å². The molecule has 0 amide bonds. The van der Waals surface area contributed by atoms with Crippen molar-refractivity contribution >= 4 is 28.2 Å². The molecule has 2 aromatic carbocycles. The van der Waals surface area contributed by atoms with E-state index in [-0.39, 0.29) is 23.6 Å². The molecule has 0 aliphatic carbocycles. The van der Waals surface area contributed by atoms with E-state index in [4.69, 9.17) is 14.9 Å². The number of nitrogens with two attached hydrogens (primary N) is 1. The van der Waals surface area contributed by atoms with E-state index < -0.39 is 11.4 Å². The van der Waals surface area contributed by atoms with Crippen LogP contribution in [-0.4, -0.2) is 63.7 Å². The lowest BCUT2D eigenvalue weighted by atomic mass is 10.1. The average molecular weight is 626 g/mol. The molecule has 4 rings (SSSR count). The molecule has 13 heteroatoms. The Balaban J connectivity index is 1.73. The van der Waals surface area contributed by atoms with Crippen molar-refractivity contribution in [2.24, 2.45) is 0 Å². The van der Waals surface area contributed by atoms with Gasteiger partial charge in [-0.05, 0) is 67.6 Å². The summed E-state index contributed by atoms with van der Waals surface area (Å²) >= 11 is -2.68. The number of imidazole rings is 1. The van der Waals surface area contributed by atoms with Crippen LogP contribution in [0.25, 0.3) is 11.2 Å². The summed E-state index contributed by atoms with van der Waals surface area (Å²) in [5, 5.41) is 9.51. The van der Waals surface area contributed by atoms with Crippen molar-refractivity contribution in [3.63, 3.8) is 0 Å². The fourth-order valence-corrected chi connectivity index (χ4v) is 5.62. The maximum Gasteiger partial charge on any atom is 0.332 e. The van der Waals surface area contributed by atoms with Crippen LogP contribution in [0.3, 0.4) is 0 Å². The zero-order chi connectivity index (χ0) is 31.6. The number of fused-ring (bicyclic) bond motifs is 1. The summed E-state index contributed by atoms with van der Waals surface area (Å²) in [6.07, 6.45) is 3.37. The minimum atomic E-state index is -2.68. The van der Waals surface area contributed by atoms with Gasteiger partial charge in [-0.15, -0.1) is 0 Å². The molecule has 0 fully saturated rings. The van der Waals surface area contributed by atoms with E-state index in [1.54, 1.807) is 28.8 Å². The summed E-state index contributed by atoms with van der Waals surface area (Å²) in [6.45, 7) is 6.91. The van der Waals surface area contributed by atoms with Crippen LogP contribution in [0.4, 0.5) is 5.69 Å². The molecule has 2 heterocycles. The molecule has 1 unspecified atom stereocenters. The summed E-state index contributed by atoms with van der Waals surface area (Å²) in [4.78, 5) is 34.5. The molecule has 12 nitrogen and oxygen atoms in total.